The van der Waals surface area contributed by atoms with Crippen LogP contribution in [0.15, 0.2) is 52.9 Å². The molecule has 0 atom stereocenters. The average molecular weight is 349 g/mol. The number of benzene rings is 2. The fourth-order valence-corrected chi connectivity index (χ4v) is 3.55. The Morgan fingerprint density at radius 2 is 1.48 bits per heavy atom. The molecule has 0 unspecified atom stereocenters. The summed E-state index contributed by atoms with van der Waals surface area (Å²) in [4.78, 5) is 0. The van der Waals surface area contributed by atoms with Crippen LogP contribution in [0.1, 0.15) is 11.1 Å². The minimum Gasteiger partial charge on any atom is -0.356 e. The van der Waals surface area contributed by atoms with Crippen LogP contribution >= 0.6 is 23.1 Å². The summed E-state index contributed by atoms with van der Waals surface area (Å²) in [7, 11) is 0. The molecule has 1 N–H and O–H groups in total. The maximum atomic E-state index is 12.8. The highest BCUT2D eigenvalue weighted by Gasteiger charge is 2.05. The topological polar surface area (TPSA) is 37.8 Å². The number of anilines is 1. The van der Waals surface area contributed by atoms with Gasteiger partial charge in [0.05, 0.1) is 0 Å². The van der Waals surface area contributed by atoms with Crippen molar-refractivity contribution in [2.24, 2.45) is 0 Å². The summed E-state index contributed by atoms with van der Waals surface area (Å²) >= 11 is 3.02. The molecule has 7 heteroatoms. The SMILES string of the molecule is Fc1ccc(CNc2nnc(SCc3ccc(F)cc3)s2)cc1. The average Bonchev–Trinajstić information content (AvgIpc) is 3.02. The van der Waals surface area contributed by atoms with Gasteiger partial charge < -0.3 is 5.32 Å². The van der Waals surface area contributed by atoms with Gasteiger partial charge in [-0.2, -0.15) is 0 Å². The number of hydrogen-bond acceptors (Lipinski definition) is 5. The number of aromatic nitrogens is 2. The van der Waals surface area contributed by atoms with E-state index < -0.39 is 0 Å². The fraction of sp³-hybridized carbons (Fsp3) is 0.125. The molecular weight excluding hydrogens is 336 g/mol. The van der Waals surface area contributed by atoms with Gasteiger partial charge in [-0.25, -0.2) is 8.78 Å². The van der Waals surface area contributed by atoms with Crippen molar-refractivity contribution in [3.05, 3.63) is 71.3 Å². The molecule has 118 valence electrons. The molecule has 0 saturated heterocycles. The molecule has 0 amide bonds. The summed E-state index contributed by atoms with van der Waals surface area (Å²) in [5, 5.41) is 12.1. The summed E-state index contributed by atoms with van der Waals surface area (Å²) < 4.78 is 26.5. The van der Waals surface area contributed by atoms with Crippen molar-refractivity contribution in [1.29, 1.82) is 0 Å². The van der Waals surface area contributed by atoms with Crippen LogP contribution in [0, 0.1) is 11.6 Å². The number of rotatable bonds is 6. The zero-order valence-electron chi connectivity index (χ0n) is 12.0. The summed E-state index contributed by atoms with van der Waals surface area (Å²) in [6.07, 6.45) is 0. The van der Waals surface area contributed by atoms with Gasteiger partial charge in [-0.3, -0.25) is 0 Å². The predicted molar refractivity (Wildman–Crippen MR) is 89.6 cm³/mol. The second-order valence-corrected chi connectivity index (χ2v) is 6.97. The van der Waals surface area contributed by atoms with E-state index in [0.717, 1.165) is 20.6 Å². The molecule has 2 aromatic carbocycles. The predicted octanol–water partition coefficient (Wildman–Crippen LogP) is 4.72. The Bertz CT molecular complexity index is 694. The van der Waals surface area contributed by atoms with Crippen molar-refractivity contribution < 1.29 is 8.78 Å². The second-order valence-electron chi connectivity index (χ2n) is 4.77. The second kappa shape index (κ2) is 7.52. The van der Waals surface area contributed by atoms with Crippen LogP contribution < -0.4 is 5.32 Å². The first-order chi connectivity index (χ1) is 11.2. The van der Waals surface area contributed by atoms with Gasteiger partial charge in [-0.15, -0.1) is 10.2 Å². The first-order valence-corrected chi connectivity index (χ1v) is 8.68. The van der Waals surface area contributed by atoms with E-state index in [4.69, 9.17) is 0 Å². The quantitative estimate of drug-likeness (QED) is 0.654. The maximum Gasteiger partial charge on any atom is 0.206 e. The van der Waals surface area contributed by atoms with Crippen molar-refractivity contribution in [1.82, 2.24) is 10.2 Å². The van der Waals surface area contributed by atoms with Gasteiger partial charge in [0.15, 0.2) is 4.34 Å². The summed E-state index contributed by atoms with van der Waals surface area (Å²) in [5.74, 6) is 0.235. The lowest BCUT2D eigenvalue weighted by Crippen LogP contribution is -1.98. The van der Waals surface area contributed by atoms with Gasteiger partial charge in [0.1, 0.15) is 11.6 Å². The van der Waals surface area contributed by atoms with E-state index in [9.17, 15) is 8.78 Å². The smallest absolute Gasteiger partial charge is 0.206 e. The molecule has 1 aromatic heterocycles. The molecule has 0 spiro atoms. The highest BCUT2D eigenvalue weighted by molar-refractivity contribution is 8.00. The normalized spacial score (nSPS) is 10.7. The summed E-state index contributed by atoms with van der Waals surface area (Å²) in [6.45, 7) is 0.567. The number of hydrogen-bond donors (Lipinski definition) is 1. The lowest BCUT2D eigenvalue weighted by atomic mass is 10.2. The number of thioether (sulfide) groups is 1. The Labute approximate surface area is 140 Å². The highest BCUT2D eigenvalue weighted by atomic mass is 32.2. The Morgan fingerprint density at radius 3 is 2.13 bits per heavy atom. The third-order valence-corrected chi connectivity index (χ3v) is 5.12. The monoisotopic (exact) mass is 349 g/mol. The zero-order chi connectivity index (χ0) is 16.1. The van der Waals surface area contributed by atoms with Gasteiger partial charge in [0.25, 0.3) is 0 Å². The molecule has 0 aliphatic carbocycles. The van der Waals surface area contributed by atoms with Crippen LogP contribution in [-0.2, 0) is 12.3 Å². The zero-order valence-corrected chi connectivity index (χ0v) is 13.6. The van der Waals surface area contributed by atoms with E-state index in [1.165, 1.54) is 35.6 Å². The molecule has 1 heterocycles. The Morgan fingerprint density at radius 1 is 0.870 bits per heavy atom. The maximum absolute atomic E-state index is 12.8. The van der Waals surface area contributed by atoms with Crippen molar-refractivity contribution in [3.63, 3.8) is 0 Å². The van der Waals surface area contributed by atoms with Crippen molar-refractivity contribution in [3.8, 4) is 0 Å². The third-order valence-electron chi connectivity index (χ3n) is 3.04. The lowest BCUT2D eigenvalue weighted by Gasteiger charge is -2.01. The van der Waals surface area contributed by atoms with Crippen LogP contribution in [0.3, 0.4) is 0 Å². The number of halogens is 2. The Balaban J connectivity index is 1.51. The first-order valence-electron chi connectivity index (χ1n) is 6.88. The van der Waals surface area contributed by atoms with Gasteiger partial charge in [-0.1, -0.05) is 47.4 Å². The fourth-order valence-electron chi connectivity index (χ4n) is 1.85. The van der Waals surface area contributed by atoms with Crippen molar-refractivity contribution in [2.45, 2.75) is 16.6 Å². The molecule has 23 heavy (non-hydrogen) atoms. The molecule has 0 aliphatic rings. The molecule has 3 aromatic rings. The van der Waals surface area contributed by atoms with E-state index in [0.29, 0.717) is 12.3 Å². The van der Waals surface area contributed by atoms with Gasteiger partial charge in [-0.05, 0) is 35.4 Å². The van der Waals surface area contributed by atoms with Crippen LogP contribution in [0.4, 0.5) is 13.9 Å². The standard InChI is InChI=1S/C16H13F2N3S2/c17-13-5-1-11(2-6-13)9-19-15-20-21-16(23-15)22-10-12-3-7-14(18)8-4-12/h1-8H,9-10H2,(H,19,20). The summed E-state index contributed by atoms with van der Waals surface area (Å²) in [6, 6.07) is 12.7. The van der Waals surface area contributed by atoms with E-state index in [2.05, 4.69) is 15.5 Å². The van der Waals surface area contributed by atoms with Gasteiger partial charge >= 0.3 is 0 Å². The van der Waals surface area contributed by atoms with Crippen LogP contribution in [0.5, 0.6) is 0 Å². The largest absolute Gasteiger partial charge is 0.356 e. The number of nitrogens with zero attached hydrogens (tertiary/aromatic N) is 2. The van der Waals surface area contributed by atoms with E-state index in [1.54, 1.807) is 36.0 Å². The van der Waals surface area contributed by atoms with Gasteiger partial charge in [0, 0.05) is 12.3 Å². The van der Waals surface area contributed by atoms with Crippen LogP contribution in [-0.4, -0.2) is 10.2 Å². The minimum atomic E-state index is -0.246. The molecule has 0 saturated carbocycles. The van der Waals surface area contributed by atoms with Crippen LogP contribution in [0.2, 0.25) is 0 Å². The molecule has 0 aliphatic heterocycles. The molecule has 0 bridgehead atoms. The van der Waals surface area contributed by atoms with E-state index >= 15 is 0 Å². The van der Waals surface area contributed by atoms with Crippen molar-refractivity contribution in [2.75, 3.05) is 5.32 Å². The molecule has 0 fully saturated rings. The molecule has 0 radical (unpaired) electrons. The van der Waals surface area contributed by atoms with Crippen LogP contribution in [0.25, 0.3) is 0 Å². The highest BCUT2D eigenvalue weighted by Crippen LogP contribution is 2.28. The lowest BCUT2D eigenvalue weighted by molar-refractivity contribution is 0.627. The third kappa shape index (κ3) is 4.74. The van der Waals surface area contributed by atoms with E-state index in [1.807, 2.05) is 0 Å². The summed E-state index contributed by atoms with van der Waals surface area (Å²) in [5.41, 5.74) is 2.01. The molecule has 3 rings (SSSR count). The molecule has 3 nitrogen and oxygen atoms in total. The molecular formula is C16H13F2N3S2. The Hall–Kier alpha value is -1.99. The van der Waals surface area contributed by atoms with Crippen molar-refractivity contribution >= 4 is 28.2 Å². The first kappa shape index (κ1) is 15.9. The Kier molecular flexibility index (Phi) is 5.19. The van der Waals surface area contributed by atoms with E-state index in [-0.39, 0.29) is 11.6 Å². The minimum absolute atomic E-state index is 0.234. The number of nitrogens with one attached hydrogen (secondary N) is 1. The van der Waals surface area contributed by atoms with Gasteiger partial charge in [0.2, 0.25) is 5.13 Å².